The summed E-state index contributed by atoms with van der Waals surface area (Å²) in [6.07, 6.45) is -2.97. The largest absolute Gasteiger partial charge is 0.416 e. The van der Waals surface area contributed by atoms with Crippen LogP contribution in [0.5, 0.6) is 0 Å². The van der Waals surface area contributed by atoms with Crippen LogP contribution in [-0.4, -0.2) is 42.0 Å². The summed E-state index contributed by atoms with van der Waals surface area (Å²) in [5, 5.41) is 2.61. The minimum atomic E-state index is -4.50. The van der Waals surface area contributed by atoms with Crippen LogP contribution in [-0.2, 0) is 12.7 Å². The smallest absolute Gasteiger partial charge is 0.354 e. The number of aryl methyl sites for hydroxylation is 1. The molecule has 3 aromatic rings. The second-order valence-electron chi connectivity index (χ2n) is 8.19. The summed E-state index contributed by atoms with van der Waals surface area (Å²) < 4.78 is 38.6. The van der Waals surface area contributed by atoms with Crippen LogP contribution in [0, 0.1) is 6.92 Å². The van der Waals surface area contributed by atoms with Gasteiger partial charge in [0, 0.05) is 38.3 Å². The van der Waals surface area contributed by atoms with Crippen molar-refractivity contribution in [3.63, 3.8) is 0 Å². The van der Waals surface area contributed by atoms with Crippen molar-refractivity contribution >= 4 is 17.4 Å². The van der Waals surface area contributed by atoms with Crippen molar-refractivity contribution in [2.24, 2.45) is 0 Å². The van der Waals surface area contributed by atoms with Crippen molar-refractivity contribution in [3.05, 3.63) is 89.1 Å². The minimum Gasteiger partial charge on any atom is -0.354 e. The van der Waals surface area contributed by atoms with Crippen LogP contribution in [0.3, 0.4) is 0 Å². The normalized spacial score (nSPS) is 14.8. The van der Waals surface area contributed by atoms with Crippen molar-refractivity contribution in [2.45, 2.75) is 19.6 Å². The minimum absolute atomic E-state index is 0.0569. The van der Waals surface area contributed by atoms with E-state index in [2.05, 4.69) is 51.3 Å². The Bertz CT molecular complexity index is 1090. The van der Waals surface area contributed by atoms with Crippen molar-refractivity contribution in [3.8, 4) is 0 Å². The van der Waals surface area contributed by atoms with E-state index >= 15 is 0 Å². The number of halogens is 3. The van der Waals surface area contributed by atoms with Crippen LogP contribution >= 0.6 is 0 Å². The third kappa shape index (κ3) is 5.90. The lowest BCUT2D eigenvalue weighted by atomic mass is 10.1. The summed E-state index contributed by atoms with van der Waals surface area (Å²) in [4.78, 5) is 21.4. The average molecular weight is 454 g/mol. The number of benzene rings is 2. The Balaban J connectivity index is 1.31. The molecule has 0 unspecified atom stereocenters. The molecule has 1 aromatic heterocycles. The van der Waals surface area contributed by atoms with Gasteiger partial charge in [0.15, 0.2) is 0 Å². The number of carbonyl (C=O) groups excluding carboxylic acids is 1. The molecule has 2 heterocycles. The van der Waals surface area contributed by atoms with Crippen molar-refractivity contribution in [1.82, 2.24) is 9.88 Å². The molecule has 1 saturated heterocycles. The average Bonchev–Trinajstić information content (AvgIpc) is 2.81. The topological polar surface area (TPSA) is 48.5 Å². The fraction of sp³-hybridized carbons (Fsp3) is 0.280. The highest BCUT2D eigenvalue weighted by atomic mass is 19.4. The van der Waals surface area contributed by atoms with Gasteiger partial charge in [-0.25, -0.2) is 4.98 Å². The molecular weight excluding hydrogens is 429 g/mol. The highest BCUT2D eigenvalue weighted by Crippen LogP contribution is 2.29. The molecule has 1 aliphatic rings. The van der Waals surface area contributed by atoms with Gasteiger partial charge in [0.2, 0.25) is 0 Å². The SMILES string of the molecule is Cc1ccc(CN2CCN(c3ccc(NC(=O)c4cccc(C(F)(F)F)c4)cn3)CC2)cc1. The van der Waals surface area contributed by atoms with Gasteiger partial charge < -0.3 is 10.2 Å². The Hall–Kier alpha value is -3.39. The van der Waals surface area contributed by atoms with Crippen molar-refractivity contribution < 1.29 is 18.0 Å². The first-order valence-electron chi connectivity index (χ1n) is 10.8. The van der Waals surface area contributed by atoms with Gasteiger partial charge in [-0.1, -0.05) is 35.9 Å². The number of hydrogen-bond acceptors (Lipinski definition) is 4. The second kappa shape index (κ2) is 9.62. The molecule has 0 saturated carbocycles. The zero-order chi connectivity index (χ0) is 23.4. The molecule has 1 fully saturated rings. The quantitative estimate of drug-likeness (QED) is 0.591. The maximum atomic E-state index is 12.9. The van der Waals surface area contributed by atoms with Crippen molar-refractivity contribution in [1.29, 1.82) is 0 Å². The Morgan fingerprint density at radius 3 is 2.36 bits per heavy atom. The third-order valence-corrected chi connectivity index (χ3v) is 5.68. The summed E-state index contributed by atoms with van der Waals surface area (Å²) in [5.74, 6) is 0.197. The summed E-state index contributed by atoms with van der Waals surface area (Å²) in [6, 6.07) is 16.5. The number of nitrogens with zero attached hydrogens (tertiary/aromatic N) is 3. The van der Waals surface area contributed by atoms with Gasteiger partial charge in [0.05, 0.1) is 17.4 Å². The zero-order valence-corrected chi connectivity index (χ0v) is 18.3. The fourth-order valence-electron chi connectivity index (χ4n) is 3.77. The van der Waals surface area contributed by atoms with Crippen LogP contribution in [0.1, 0.15) is 27.0 Å². The summed E-state index contributed by atoms with van der Waals surface area (Å²) in [5.41, 5.74) is 2.07. The fourth-order valence-corrected chi connectivity index (χ4v) is 3.77. The zero-order valence-electron chi connectivity index (χ0n) is 18.3. The number of pyridine rings is 1. The number of hydrogen-bond donors (Lipinski definition) is 1. The van der Waals surface area contributed by atoms with E-state index in [9.17, 15) is 18.0 Å². The third-order valence-electron chi connectivity index (χ3n) is 5.68. The summed E-state index contributed by atoms with van der Waals surface area (Å²) in [6.45, 7) is 6.52. The van der Waals surface area contributed by atoms with Crippen LogP contribution < -0.4 is 10.2 Å². The van der Waals surface area contributed by atoms with E-state index in [0.717, 1.165) is 50.7 Å². The molecule has 0 atom stereocenters. The number of aromatic nitrogens is 1. The van der Waals surface area contributed by atoms with E-state index in [-0.39, 0.29) is 5.56 Å². The van der Waals surface area contributed by atoms with E-state index in [4.69, 9.17) is 0 Å². The van der Waals surface area contributed by atoms with Gasteiger partial charge >= 0.3 is 6.18 Å². The number of alkyl halides is 3. The highest BCUT2D eigenvalue weighted by Gasteiger charge is 2.31. The maximum absolute atomic E-state index is 12.9. The van der Waals surface area contributed by atoms with Gasteiger partial charge in [-0.2, -0.15) is 13.2 Å². The van der Waals surface area contributed by atoms with E-state index in [1.165, 1.54) is 29.5 Å². The van der Waals surface area contributed by atoms with Crippen LogP contribution in [0.2, 0.25) is 0 Å². The van der Waals surface area contributed by atoms with E-state index in [1.54, 1.807) is 6.07 Å². The standard InChI is InChI=1S/C25H25F3N4O/c1-18-5-7-19(8-6-18)17-31-11-13-32(14-12-31)23-10-9-22(16-29-23)30-24(33)20-3-2-4-21(15-20)25(26,27)28/h2-10,15-16H,11-14,17H2,1H3,(H,30,33). The lowest BCUT2D eigenvalue weighted by Gasteiger charge is -2.35. The molecule has 8 heteroatoms. The molecule has 4 rings (SSSR count). The van der Waals surface area contributed by atoms with Crippen LogP contribution in [0.15, 0.2) is 66.9 Å². The molecule has 0 spiro atoms. The maximum Gasteiger partial charge on any atom is 0.416 e. The second-order valence-corrected chi connectivity index (χ2v) is 8.19. The number of nitrogens with one attached hydrogen (secondary N) is 1. The predicted octanol–water partition coefficient (Wildman–Crippen LogP) is 4.98. The predicted molar refractivity (Wildman–Crippen MR) is 122 cm³/mol. The molecule has 5 nitrogen and oxygen atoms in total. The summed E-state index contributed by atoms with van der Waals surface area (Å²) in [7, 11) is 0. The lowest BCUT2D eigenvalue weighted by molar-refractivity contribution is -0.137. The number of anilines is 2. The van der Waals surface area contributed by atoms with Gasteiger partial charge in [0.1, 0.15) is 5.82 Å². The lowest BCUT2D eigenvalue weighted by Crippen LogP contribution is -2.46. The first-order valence-corrected chi connectivity index (χ1v) is 10.8. The molecule has 2 aromatic carbocycles. The molecule has 0 bridgehead atoms. The van der Waals surface area contributed by atoms with Crippen LogP contribution in [0.4, 0.5) is 24.7 Å². The molecule has 1 aliphatic heterocycles. The van der Waals surface area contributed by atoms with Gasteiger partial charge in [-0.05, 0) is 42.8 Å². The van der Waals surface area contributed by atoms with E-state index in [0.29, 0.717) is 5.69 Å². The Morgan fingerprint density at radius 1 is 1.00 bits per heavy atom. The number of rotatable bonds is 5. The monoisotopic (exact) mass is 454 g/mol. The first-order chi connectivity index (χ1) is 15.8. The van der Waals surface area contributed by atoms with E-state index < -0.39 is 17.6 Å². The Kier molecular flexibility index (Phi) is 6.65. The Morgan fingerprint density at radius 2 is 1.73 bits per heavy atom. The van der Waals surface area contributed by atoms with Gasteiger partial charge in [-0.3, -0.25) is 9.69 Å². The number of carbonyl (C=O) groups is 1. The highest BCUT2D eigenvalue weighted by molar-refractivity contribution is 6.04. The molecule has 0 aliphatic carbocycles. The molecular formula is C25H25F3N4O. The van der Waals surface area contributed by atoms with Crippen LogP contribution in [0.25, 0.3) is 0 Å². The molecule has 0 radical (unpaired) electrons. The molecule has 172 valence electrons. The van der Waals surface area contributed by atoms with E-state index in [1.807, 2.05) is 6.07 Å². The molecule has 1 amide bonds. The first kappa shape index (κ1) is 22.8. The molecule has 1 N–H and O–H groups in total. The molecule has 33 heavy (non-hydrogen) atoms. The van der Waals surface area contributed by atoms with Gasteiger partial charge in [0.25, 0.3) is 5.91 Å². The number of piperazine rings is 1. The summed E-state index contributed by atoms with van der Waals surface area (Å²) >= 11 is 0. The van der Waals surface area contributed by atoms with Gasteiger partial charge in [-0.15, -0.1) is 0 Å². The van der Waals surface area contributed by atoms with Crippen molar-refractivity contribution in [2.75, 3.05) is 36.4 Å². The number of amides is 1. The Labute approximate surface area is 190 Å².